The van der Waals surface area contributed by atoms with Crippen LogP contribution >= 0.6 is 0 Å². The SMILES string of the molecule is CC(C)[C@H](C(=O)O)c1ccccc1. The molecule has 13 heavy (non-hydrogen) atoms. The molecule has 2 heteroatoms. The molecule has 0 radical (unpaired) electrons. The minimum absolute atomic E-state index is 0.125. The van der Waals surface area contributed by atoms with Gasteiger partial charge in [0, 0.05) is 0 Å². The highest BCUT2D eigenvalue weighted by Crippen LogP contribution is 2.23. The summed E-state index contributed by atoms with van der Waals surface area (Å²) in [5.74, 6) is -1.01. The lowest BCUT2D eigenvalue weighted by Gasteiger charge is -2.15. The van der Waals surface area contributed by atoms with Crippen LogP contribution in [-0.4, -0.2) is 11.1 Å². The lowest BCUT2D eigenvalue weighted by atomic mass is 9.89. The second kappa shape index (κ2) is 4.08. The Morgan fingerprint density at radius 2 is 1.77 bits per heavy atom. The molecule has 0 unspecified atom stereocenters. The number of hydrogen-bond donors (Lipinski definition) is 1. The van der Waals surface area contributed by atoms with Crippen LogP contribution in [0.25, 0.3) is 0 Å². The predicted molar refractivity (Wildman–Crippen MR) is 51.7 cm³/mol. The minimum Gasteiger partial charge on any atom is -0.481 e. The normalized spacial score (nSPS) is 12.8. The van der Waals surface area contributed by atoms with Gasteiger partial charge in [0.05, 0.1) is 5.92 Å². The van der Waals surface area contributed by atoms with Crippen LogP contribution in [0.15, 0.2) is 30.3 Å². The average Bonchev–Trinajstić information content (AvgIpc) is 2.04. The Hall–Kier alpha value is -1.31. The molecule has 0 saturated carbocycles. The second-order valence-electron chi connectivity index (χ2n) is 3.47. The number of hydrogen-bond acceptors (Lipinski definition) is 1. The van der Waals surface area contributed by atoms with Crippen molar-refractivity contribution in [3.63, 3.8) is 0 Å². The van der Waals surface area contributed by atoms with E-state index in [1.165, 1.54) is 0 Å². The van der Waals surface area contributed by atoms with Gasteiger partial charge in [-0.25, -0.2) is 0 Å². The molecule has 1 atom stereocenters. The fourth-order valence-electron chi connectivity index (χ4n) is 1.47. The highest BCUT2D eigenvalue weighted by molar-refractivity contribution is 5.76. The Bertz CT molecular complexity index is 277. The zero-order valence-corrected chi connectivity index (χ0v) is 7.90. The van der Waals surface area contributed by atoms with E-state index < -0.39 is 5.97 Å². The van der Waals surface area contributed by atoms with Crippen molar-refractivity contribution in [2.24, 2.45) is 5.92 Å². The van der Waals surface area contributed by atoms with Gasteiger partial charge in [0.1, 0.15) is 0 Å². The summed E-state index contributed by atoms with van der Waals surface area (Å²) >= 11 is 0. The molecule has 70 valence electrons. The summed E-state index contributed by atoms with van der Waals surface area (Å²) in [5, 5.41) is 9.00. The van der Waals surface area contributed by atoms with E-state index in [2.05, 4.69) is 0 Å². The Morgan fingerprint density at radius 3 is 2.15 bits per heavy atom. The number of benzene rings is 1. The molecule has 2 nitrogen and oxygen atoms in total. The van der Waals surface area contributed by atoms with Crippen molar-refractivity contribution >= 4 is 5.97 Å². The maximum absolute atomic E-state index is 10.9. The standard InChI is InChI=1S/C11H14O2/c1-8(2)10(11(12)13)9-6-4-3-5-7-9/h3-8,10H,1-2H3,(H,12,13)/t10-/m0/s1. The number of carboxylic acid groups (broad SMARTS) is 1. The van der Waals surface area contributed by atoms with Gasteiger partial charge in [-0.2, -0.15) is 0 Å². The summed E-state index contributed by atoms with van der Waals surface area (Å²) in [7, 11) is 0. The third-order valence-corrected chi connectivity index (χ3v) is 2.09. The first-order valence-corrected chi connectivity index (χ1v) is 4.40. The summed E-state index contributed by atoms with van der Waals surface area (Å²) in [6, 6.07) is 9.35. The zero-order chi connectivity index (χ0) is 9.84. The van der Waals surface area contributed by atoms with Crippen LogP contribution in [0.5, 0.6) is 0 Å². The summed E-state index contributed by atoms with van der Waals surface area (Å²) < 4.78 is 0. The van der Waals surface area contributed by atoms with Gasteiger partial charge in [-0.05, 0) is 11.5 Å². The van der Waals surface area contributed by atoms with Gasteiger partial charge in [-0.15, -0.1) is 0 Å². The van der Waals surface area contributed by atoms with E-state index in [1.807, 2.05) is 44.2 Å². The Labute approximate surface area is 78.2 Å². The third-order valence-electron chi connectivity index (χ3n) is 2.09. The van der Waals surface area contributed by atoms with Crippen molar-refractivity contribution in [3.8, 4) is 0 Å². The monoisotopic (exact) mass is 178 g/mol. The number of rotatable bonds is 3. The van der Waals surface area contributed by atoms with Crippen LogP contribution in [-0.2, 0) is 4.79 Å². The molecule has 1 aromatic rings. The van der Waals surface area contributed by atoms with E-state index in [1.54, 1.807) is 0 Å². The third kappa shape index (κ3) is 2.31. The van der Waals surface area contributed by atoms with Crippen LogP contribution in [0.2, 0.25) is 0 Å². The Kier molecular flexibility index (Phi) is 3.07. The van der Waals surface area contributed by atoms with Gasteiger partial charge >= 0.3 is 5.97 Å². The minimum atomic E-state index is -0.749. The fourth-order valence-corrected chi connectivity index (χ4v) is 1.47. The molecule has 0 amide bonds. The van der Waals surface area contributed by atoms with Gasteiger partial charge in [-0.1, -0.05) is 44.2 Å². The molecule has 0 spiro atoms. The zero-order valence-electron chi connectivity index (χ0n) is 7.90. The van der Waals surface area contributed by atoms with Crippen LogP contribution in [0.3, 0.4) is 0 Å². The van der Waals surface area contributed by atoms with Gasteiger partial charge in [-0.3, -0.25) is 4.79 Å². The highest BCUT2D eigenvalue weighted by Gasteiger charge is 2.22. The average molecular weight is 178 g/mol. The van der Waals surface area contributed by atoms with Gasteiger partial charge < -0.3 is 5.11 Å². The number of carboxylic acids is 1. The van der Waals surface area contributed by atoms with Crippen molar-refractivity contribution in [2.75, 3.05) is 0 Å². The van der Waals surface area contributed by atoms with Gasteiger partial charge in [0.15, 0.2) is 0 Å². The molecule has 1 rings (SSSR count). The molecular weight excluding hydrogens is 164 g/mol. The Balaban J connectivity index is 2.96. The van der Waals surface area contributed by atoms with E-state index in [4.69, 9.17) is 5.11 Å². The van der Waals surface area contributed by atoms with Crippen molar-refractivity contribution in [1.29, 1.82) is 0 Å². The first-order chi connectivity index (χ1) is 6.13. The predicted octanol–water partition coefficient (Wildman–Crippen LogP) is 2.51. The van der Waals surface area contributed by atoms with E-state index >= 15 is 0 Å². The molecule has 0 fully saturated rings. The van der Waals surface area contributed by atoms with Crippen molar-refractivity contribution in [2.45, 2.75) is 19.8 Å². The summed E-state index contributed by atoms with van der Waals surface area (Å²) in [4.78, 5) is 10.9. The van der Waals surface area contributed by atoms with Crippen molar-refractivity contribution < 1.29 is 9.90 Å². The fraction of sp³-hybridized carbons (Fsp3) is 0.364. The van der Waals surface area contributed by atoms with E-state index in [-0.39, 0.29) is 11.8 Å². The summed E-state index contributed by atoms with van der Waals surface area (Å²) in [6.07, 6.45) is 0. The van der Waals surface area contributed by atoms with Crippen molar-refractivity contribution in [3.05, 3.63) is 35.9 Å². The van der Waals surface area contributed by atoms with Gasteiger partial charge in [0.2, 0.25) is 0 Å². The van der Waals surface area contributed by atoms with Crippen LogP contribution in [0, 0.1) is 5.92 Å². The molecular formula is C11H14O2. The molecule has 0 aromatic heterocycles. The molecule has 0 saturated heterocycles. The topological polar surface area (TPSA) is 37.3 Å². The lowest BCUT2D eigenvalue weighted by Crippen LogP contribution is -2.17. The molecule has 0 heterocycles. The maximum Gasteiger partial charge on any atom is 0.311 e. The van der Waals surface area contributed by atoms with Crippen LogP contribution in [0.4, 0.5) is 0 Å². The highest BCUT2D eigenvalue weighted by atomic mass is 16.4. The van der Waals surface area contributed by atoms with Crippen molar-refractivity contribution in [1.82, 2.24) is 0 Å². The smallest absolute Gasteiger partial charge is 0.311 e. The van der Waals surface area contributed by atoms with E-state index in [9.17, 15) is 4.79 Å². The van der Waals surface area contributed by atoms with Crippen LogP contribution in [0.1, 0.15) is 25.3 Å². The second-order valence-corrected chi connectivity index (χ2v) is 3.47. The molecule has 1 N–H and O–H groups in total. The maximum atomic E-state index is 10.9. The van der Waals surface area contributed by atoms with Crippen LogP contribution < -0.4 is 0 Å². The molecule has 0 bridgehead atoms. The quantitative estimate of drug-likeness (QED) is 0.772. The molecule has 0 aliphatic heterocycles. The first-order valence-electron chi connectivity index (χ1n) is 4.40. The number of carbonyl (C=O) groups is 1. The largest absolute Gasteiger partial charge is 0.481 e. The summed E-state index contributed by atoms with van der Waals surface area (Å²) in [5.41, 5.74) is 0.880. The molecule has 0 aliphatic rings. The Morgan fingerprint density at radius 1 is 1.23 bits per heavy atom. The molecule has 0 aliphatic carbocycles. The lowest BCUT2D eigenvalue weighted by molar-refractivity contribution is -0.139. The summed E-state index contributed by atoms with van der Waals surface area (Å²) in [6.45, 7) is 3.84. The van der Waals surface area contributed by atoms with E-state index in [0.29, 0.717) is 0 Å². The first kappa shape index (κ1) is 9.78. The van der Waals surface area contributed by atoms with E-state index in [0.717, 1.165) is 5.56 Å². The number of aliphatic carboxylic acids is 1. The van der Waals surface area contributed by atoms with Gasteiger partial charge in [0.25, 0.3) is 0 Å². The molecule has 1 aromatic carbocycles.